The Hall–Kier alpha value is -0.280. The van der Waals surface area contributed by atoms with Crippen LogP contribution in [-0.4, -0.2) is 29.2 Å². The first kappa shape index (κ1) is 5.85. The Morgan fingerprint density at radius 2 is 2.50 bits per heavy atom. The molecule has 1 rings (SSSR count). The molecule has 0 saturated carbocycles. The van der Waals surface area contributed by atoms with E-state index >= 15 is 0 Å². The van der Waals surface area contributed by atoms with Gasteiger partial charge in [0.2, 0.25) is 0 Å². The maximum atomic E-state index is 9.95. The molecule has 1 saturated heterocycles. The number of aliphatic carboxylic acids is 1. The highest BCUT2D eigenvalue weighted by molar-refractivity contribution is 6.18. The van der Waals surface area contributed by atoms with E-state index in [0.717, 1.165) is 0 Å². The topological polar surface area (TPSA) is 49.8 Å². The third-order valence-corrected chi connectivity index (χ3v) is 1.28. The highest BCUT2D eigenvalue weighted by Crippen LogP contribution is 2.22. The van der Waals surface area contributed by atoms with Gasteiger partial charge in [-0.2, -0.15) is 0 Å². The molecule has 1 heterocycles. The van der Waals surface area contributed by atoms with Gasteiger partial charge in [0.25, 0.3) is 0 Å². The van der Waals surface area contributed by atoms with Crippen molar-refractivity contribution in [3.8, 4) is 0 Å². The monoisotopic (exact) mass is 136 g/mol. The molecule has 8 heavy (non-hydrogen) atoms. The average Bonchev–Trinajstić information content (AvgIpc) is 2.42. The second-order valence-corrected chi connectivity index (χ2v) is 1.90. The van der Waals surface area contributed by atoms with Crippen molar-refractivity contribution < 1.29 is 14.6 Å². The summed E-state index contributed by atoms with van der Waals surface area (Å²) >= 11 is 5.25. The van der Waals surface area contributed by atoms with Crippen molar-refractivity contribution in [3.05, 3.63) is 0 Å². The second kappa shape index (κ2) is 1.91. The first-order chi connectivity index (χ1) is 3.75. The van der Waals surface area contributed by atoms with E-state index in [4.69, 9.17) is 16.7 Å². The molecule has 2 atom stereocenters. The number of alkyl halides is 1. The summed E-state index contributed by atoms with van der Waals surface area (Å²) < 4.78 is 4.60. The largest absolute Gasteiger partial charge is 0.479 e. The molecule has 0 amide bonds. The molecule has 1 N–H and O–H groups in total. The molecule has 3 nitrogen and oxygen atoms in total. The smallest absolute Gasteiger partial charge is 0.335 e. The van der Waals surface area contributed by atoms with Crippen molar-refractivity contribution in [2.24, 2.45) is 0 Å². The van der Waals surface area contributed by atoms with Gasteiger partial charge in [0.05, 0.1) is 5.88 Å². The maximum Gasteiger partial charge on any atom is 0.335 e. The van der Waals surface area contributed by atoms with Gasteiger partial charge in [-0.25, -0.2) is 4.79 Å². The van der Waals surface area contributed by atoms with Crippen LogP contribution in [0.2, 0.25) is 0 Å². The Morgan fingerprint density at radius 3 is 2.62 bits per heavy atom. The van der Waals surface area contributed by atoms with Gasteiger partial charge in [-0.3, -0.25) is 0 Å². The van der Waals surface area contributed by atoms with Crippen molar-refractivity contribution in [1.29, 1.82) is 0 Å². The Kier molecular flexibility index (Phi) is 1.40. The predicted molar refractivity (Wildman–Crippen MR) is 27.0 cm³/mol. The number of halogens is 1. The third-order valence-electron chi connectivity index (χ3n) is 0.978. The molecule has 0 aromatic rings. The van der Waals surface area contributed by atoms with Crippen LogP contribution < -0.4 is 0 Å². The lowest BCUT2D eigenvalue weighted by Gasteiger charge is -1.77. The van der Waals surface area contributed by atoms with Crippen LogP contribution in [0.15, 0.2) is 0 Å². The Balaban J connectivity index is 2.26. The summed E-state index contributed by atoms with van der Waals surface area (Å²) in [5.41, 5.74) is 0. The zero-order valence-electron chi connectivity index (χ0n) is 4.00. The zero-order valence-corrected chi connectivity index (χ0v) is 4.76. The fourth-order valence-corrected chi connectivity index (χ4v) is 0.712. The summed E-state index contributed by atoms with van der Waals surface area (Å²) in [6, 6.07) is 0. The summed E-state index contributed by atoms with van der Waals surface area (Å²) in [5, 5.41) is 8.17. The molecular formula is C4H5ClO3. The van der Waals surface area contributed by atoms with E-state index in [0.29, 0.717) is 0 Å². The van der Waals surface area contributed by atoms with Gasteiger partial charge >= 0.3 is 5.97 Å². The van der Waals surface area contributed by atoms with E-state index in [1.165, 1.54) is 0 Å². The van der Waals surface area contributed by atoms with Crippen LogP contribution >= 0.6 is 11.6 Å². The Labute approximate surface area is 51.2 Å². The lowest BCUT2D eigenvalue weighted by Crippen LogP contribution is -2.08. The number of carboxylic acid groups (broad SMARTS) is 1. The van der Waals surface area contributed by atoms with Gasteiger partial charge in [-0.05, 0) is 0 Å². The molecule has 0 aromatic heterocycles. The minimum absolute atomic E-state index is 0.242. The standard InChI is InChI=1S/C4H5ClO3/c5-1-2-3(8-2)4(6)7/h2-3H,1H2,(H,6,7)/t2-,3+/m0/s1. The van der Waals surface area contributed by atoms with E-state index in [2.05, 4.69) is 4.74 Å². The fourth-order valence-electron chi connectivity index (χ4n) is 0.477. The molecule has 0 radical (unpaired) electrons. The first-order valence-electron chi connectivity index (χ1n) is 2.20. The maximum absolute atomic E-state index is 9.95. The molecule has 0 aliphatic carbocycles. The van der Waals surface area contributed by atoms with Crippen molar-refractivity contribution in [2.45, 2.75) is 12.2 Å². The summed E-state index contributed by atoms with van der Waals surface area (Å²) in [7, 11) is 0. The van der Waals surface area contributed by atoms with E-state index in [1.54, 1.807) is 0 Å². The number of hydrogen-bond acceptors (Lipinski definition) is 2. The highest BCUT2D eigenvalue weighted by Gasteiger charge is 2.44. The lowest BCUT2D eigenvalue weighted by molar-refractivity contribution is -0.138. The summed E-state index contributed by atoms with van der Waals surface area (Å²) in [6.45, 7) is 0. The molecule has 0 spiro atoms. The van der Waals surface area contributed by atoms with Gasteiger partial charge in [0.1, 0.15) is 6.10 Å². The average molecular weight is 137 g/mol. The SMILES string of the molecule is O=C(O)[C@@H]1O[C@H]1CCl. The normalized spacial score (nSPS) is 34.6. The molecule has 4 heteroatoms. The first-order valence-corrected chi connectivity index (χ1v) is 2.73. The number of carbonyl (C=O) groups is 1. The van der Waals surface area contributed by atoms with Crippen molar-refractivity contribution in [1.82, 2.24) is 0 Å². The summed E-state index contributed by atoms with van der Waals surface area (Å²) in [6.07, 6.45) is -0.873. The summed E-state index contributed by atoms with van der Waals surface area (Å²) in [5.74, 6) is -0.646. The van der Waals surface area contributed by atoms with Crippen LogP contribution in [0.4, 0.5) is 0 Å². The molecule has 0 bridgehead atoms. The molecule has 1 aliphatic rings. The van der Waals surface area contributed by atoms with Crippen LogP contribution in [-0.2, 0) is 9.53 Å². The van der Waals surface area contributed by atoms with Crippen LogP contribution in [0.5, 0.6) is 0 Å². The third kappa shape index (κ3) is 0.928. The molecular weight excluding hydrogens is 131 g/mol. The van der Waals surface area contributed by atoms with Crippen molar-refractivity contribution in [2.75, 3.05) is 5.88 Å². The Morgan fingerprint density at radius 1 is 1.88 bits per heavy atom. The molecule has 1 aliphatic heterocycles. The second-order valence-electron chi connectivity index (χ2n) is 1.59. The van der Waals surface area contributed by atoms with E-state index in [-0.39, 0.29) is 12.0 Å². The van der Waals surface area contributed by atoms with Gasteiger partial charge in [0.15, 0.2) is 6.10 Å². The molecule has 0 unspecified atom stereocenters. The van der Waals surface area contributed by atoms with Gasteiger partial charge in [-0.15, -0.1) is 11.6 Å². The lowest BCUT2D eigenvalue weighted by atomic mass is 10.3. The molecule has 0 aromatic carbocycles. The molecule has 1 fully saturated rings. The number of hydrogen-bond donors (Lipinski definition) is 1. The predicted octanol–water partition coefficient (Wildman–Crippen LogP) is 0.0772. The minimum atomic E-state index is -0.921. The van der Waals surface area contributed by atoms with Gasteiger partial charge < -0.3 is 9.84 Å². The van der Waals surface area contributed by atoms with E-state index in [1.807, 2.05) is 0 Å². The van der Waals surface area contributed by atoms with Crippen molar-refractivity contribution >= 4 is 17.6 Å². The highest BCUT2D eigenvalue weighted by atomic mass is 35.5. The fraction of sp³-hybridized carbons (Fsp3) is 0.750. The van der Waals surface area contributed by atoms with Crippen LogP contribution in [0.25, 0.3) is 0 Å². The van der Waals surface area contributed by atoms with E-state index in [9.17, 15) is 4.79 Å². The van der Waals surface area contributed by atoms with Crippen LogP contribution in [0.1, 0.15) is 0 Å². The van der Waals surface area contributed by atoms with Gasteiger partial charge in [0, 0.05) is 0 Å². The quantitative estimate of drug-likeness (QED) is 0.432. The zero-order chi connectivity index (χ0) is 6.15. The van der Waals surface area contributed by atoms with Crippen LogP contribution in [0, 0.1) is 0 Å². The summed E-state index contributed by atoms with van der Waals surface area (Å²) in [4.78, 5) is 9.95. The van der Waals surface area contributed by atoms with E-state index < -0.39 is 12.1 Å². The van der Waals surface area contributed by atoms with Crippen LogP contribution in [0.3, 0.4) is 0 Å². The number of carboxylic acids is 1. The minimum Gasteiger partial charge on any atom is -0.479 e. The number of ether oxygens (including phenoxy) is 1. The van der Waals surface area contributed by atoms with Gasteiger partial charge in [-0.1, -0.05) is 0 Å². The number of epoxide rings is 1. The number of rotatable bonds is 2. The van der Waals surface area contributed by atoms with Crippen molar-refractivity contribution in [3.63, 3.8) is 0 Å². The Bertz CT molecular complexity index is 114. The molecule has 46 valence electrons.